The Balaban J connectivity index is 2.49. The van der Waals surface area contributed by atoms with Crippen LogP contribution in [0.3, 0.4) is 0 Å². The van der Waals surface area contributed by atoms with Crippen LogP contribution in [0.2, 0.25) is 0 Å². The number of rotatable bonds is 8. The van der Waals surface area contributed by atoms with Gasteiger partial charge in [0.1, 0.15) is 0 Å². The molecule has 1 atom stereocenters. The van der Waals surface area contributed by atoms with E-state index in [0.29, 0.717) is 19.2 Å². The van der Waals surface area contributed by atoms with Gasteiger partial charge in [-0.25, -0.2) is 0 Å². The molecule has 0 saturated carbocycles. The lowest BCUT2D eigenvalue weighted by molar-refractivity contribution is -0.0136. The molecule has 3 heteroatoms. The van der Waals surface area contributed by atoms with Crippen LogP contribution in [0, 0.1) is 0 Å². The highest BCUT2D eigenvalue weighted by molar-refractivity contribution is 5.14. The summed E-state index contributed by atoms with van der Waals surface area (Å²) in [6, 6.07) is 10.7. The first kappa shape index (κ1) is 16.2. The van der Waals surface area contributed by atoms with Crippen molar-refractivity contribution in [2.24, 2.45) is 0 Å². The van der Waals surface area contributed by atoms with Crippen LogP contribution in [0.15, 0.2) is 30.3 Å². The molecular weight excluding hydrogens is 238 g/mol. The number of hydrogen-bond donors (Lipinski definition) is 1. The molecule has 0 fully saturated rings. The topological polar surface area (TPSA) is 32.7 Å². The van der Waals surface area contributed by atoms with E-state index in [1.165, 1.54) is 5.56 Å². The molecule has 0 aromatic heterocycles. The molecule has 0 saturated heterocycles. The van der Waals surface area contributed by atoms with Crippen molar-refractivity contribution in [1.82, 2.24) is 4.90 Å². The molecule has 1 unspecified atom stereocenters. The first-order valence-corrected chi connectivity index (χ1v) is 7.06. The van der Waals surface area contributed by atoms with Gasteiger partial charge in [0.2, 0.25) is 0 Å². The van der Waals surface area contributed by atoms with E-state index < -0.39 is 6.10 Å². The molecule has 0 bridgehead atoms. The van der Waals surface area contributed by atoms with Gasteiger partial charge in [0.25, 0.3) is 0 Å². The summed E-state index contributed by atoms with van der Waals surface area (Å²) in [7, 11) is 0. The van der Waals surface area contributed by atoms with Crippen molar-refractivity contribution in [3.63, 3.8) is 0 Å². The number of nitrogens with zero attached hydrogens (tertiary/aromatic N) is 1. The molecule has 0 amide bonds. The third-order valence-electron chi connectivity index (χ3n) is 3.03. The van der Waals surface area contributed by atoms with Crippen molar-refractivity contribution in [1.29, 1.82) is 0 Å². The molecule has 0 aliphatic rings. The highest BCUT2D eigenvalue weighted by Gasteiger charge is 2.15. The lowest BCUT2D eigenvalue weighted by Crippen LogP contribution is -2.39. The minimum atomic E-state index is -0.437. The fourth-order valence-electron chi connectivity index (χ4n) is 1.90. The molecule has 1 aromatic carbocycles. The minimum absolute atomic E-state index is 0.163. The second kappa shape index (κ2) is 8.31. The average Bonchev–Trinajstić information content (AvgIpc) is 2.36. The zero-order valence-electron chi connectivity index (χ0n) is 12.5. The summed E-state index contributed by atoms with van der Waals surface area (Å²) in [4.78, 5) is 2.27. The fraction of sp³-hybridized carbons (Fsp3) is 0.625. The molecule has 0 aliphatic carbocycles. The van der Waals surface area contributed by atoms with Crippen LogP contribution < -0.4 is 0 Å². The van der Waals surface area contributed by atoms with Gasteiger partial charge in [0.05, 0.1) is 18.8 Å². The predicted molar refractivity (Wildman–Crippen MR) is 79.1 cm³/mol. The van der Waals surface area contributed by atoms with E-state index in [-0.39, 0.29) is 6.10 Å². The molecule has 1 aromatic rings. The quantitative estimate of drug-likeness (QED) is 0.784. The van der Waals surface area contributed by atoms with E-state index in [1.807, 2.05) is 32.0 Å². The first-order valence-electron chi connectivity index (χ1n) is 7.06. The van der Waals surface area contributed by atoms with Crippen LogP contribution in [-0.4, -0.2) is 41.4 Å². The van der Waals surface area contributed by atoms with Crippen LogP contribution in [0.4, 0.5) is 0 Å². The Hall–Kier alpha value is -0.900. The van der Waals surface area contributed by atoms with Gasteiger partial charge in [-0.2, -0.15) is 0 Å². The lowest BCUT2D eigenvalue weighted by atomic mass is 10.1. The summed E-state index contributed by atoms with van der Waals surface area (Å²) < 4.78 is 5.46. The Bertz CT molecular complexity index is 338. The maximum atomic E-state index is 10.0. The Morgan fingerprint density at radius 1 is 1.11 bits per heavy atom. The van der Waals surface area contributed by atoms with Gasteiger partial charge < -0.3 is 9.84 Å². The van der Waals surface area contributed by atoms with Crippen molar-refractivity contribution in [3.8, 4) is 0 Å². The standard InChI is InChI=1S/C16H27NO2/c1-13(2)17(10-15-8-6-5-7-9-15)11-16(18)12-19-14(3)4/h5-9,13-14,16,18H,10-12H2,1-4H3. The van der Waals surface area contributed by atoms with E-state index >= 15 is 0 Å². The maximum absolute atomic E-state index is 10.0. The Kier molecular flexibility index (Phi) is 7.06. The third-order valence-corrected chi connectivity index (χ3v) is 3.03. The average molecular weight is 265 g/mol. The summed E-state index contributed by atoms with van der Waals surface area (Å²) in [5.41, 5.74) is 1.27. The molecule has 1 N–H and O–H groups in total. The molecule has 0 spiro atoms. The number of benzene rings is 1. The fourth-order valence-corrected chi connectivity index (χ4v) is 1.90. The van der Waals surface area contributed by atoms with E-state index in [4.69, 9.17) is 4.74 Å². The molecule has 3 nitrogen and oxygen atoms in total. The van der Waals surface area contributed by atoms with Gasteiger partial charge in [-0.1, -0.05) is 30.3 Å². The normalized spacial score (nSPS) is 13.5. The summed E-state index contributed by atoms with van der Waals surface area (Å²) in [5.74, 6) is 0. The largest absolute Gasteiger partial charge is 0.389 e. The Labute approximate surface area is 117 Å². The number of aliphatic hydroxyl groups excluding tert-OH is 1. The smallest absolute Gasteiger partial charge is 0.0900 e. The minimum Gasteiger partial charge on any atom is -0.389 e. The molecule has 0 aliphatic heterocycles. The maximum Gasteiger partial charge on any atom is 0.0900 e. The predicted octanol–water partition coefficient (Wildman–Crippen LogP) is 2.68. The van der Waals surface area contributed by atoms with E-state index in [1.54, 1.807) is 0 Å². The van der Waals surface area contributed by atoms with E-state index in [9.17, 15) is 5.11 Å². The Morgan fingerprint density at radius 2 is 1.74 bits per heavy atom. The SMILES string of the molecule is CC(C)OCC(O)CN(Cc1ccccc1)C(C)C. The van der Waals surface area contributed by atoms with Crippen LogP contribution in [0.5, 0.6) is 0 Å². The number of hydrogen-bond acceptors (Lipinski definition) is 3. The van der Waals surface area contributed by atoms with Crippen LogP contribution in [-0.2, 0) is 11.3 Å². The van der Waals surface area contributed by atoms with E-state index in [2.05, 4.69) is 30.9 Å². The van der Waals surface area contributed by atoms with Gasteiger partial charge in [0.15, 0.2) is 0 Å². The van der Waals surface area contributed by atoms with Gasteiger partial charge in [-0.3, -0.25) is 4.90 Å². The molecule has 19 heavy (non-hydrogen) atoms. The van der Waals surface area contributed by atoms with Crippen LogP contribution >= 0.6 is 0 Å². The zero-order valence-corrected chi connectivity index (χ0v) is 12.5. The highest BCUT2D eigenvalue weighted by atomic mass is 16.5. The molecule has 108 valence electrons. The summed E-state index contributed by atoms with van der Waals surface area (Å²) in [6.07, 6.45) is -0.273. The summed E-state index contributed by atoms with van der Waals surface area (Å²) in [5, 5.41) is 10.0. The lowest BCUT2D eigenvalue weighted by Gasteiger charge is -2.29. The van der Waals surface area contributed by atoms with Crippen molar-refractivity contribution in [2.75, 3.05) is 13.2 Å². The number of ether oxygens (including phenoxy) is 1. The van der Waals surface area contributed by atoms with Gasteiger partial charge in [0, 0.05) is 19.1 Å². The van der Waals surface area contributed by atoms with Crippen molar-refractivity contribution < 1.29 is 9.84 Å². The molecular formula is C16H27NO2. The summed E-state index contributed by atoms with van der Waals surface area (Å²) in [6.45, 7) is 10.2. The van der Waals surface area contributed by atoms with Crippen LogP contribution in [0.1, 0.15) is 33.3 Å². The molecule has 0 heterocycles. The summed E-state index contributed by atoms with van der Waals surface area (Å²) >= 11 is 0. The van der Waals surface area contributed by atoms with E-state index in [0.717, 1.165) is 6.54 Å². The van der Waals surface area contributed by atoms with Gasteiger partial charge in [-0.15, -0.1) is 0 Å². The monoisotopic (exact) mass is 265 g/mol. The van der Waals surface area contributed by atoms with Crippen molar-refractivity contribution >= 4 is 0 Å². The van der Waals surface area contributed by atoms with Crippen molar-refractivity contribution in [3.05, 3.63) is 35.9 Å². The second-order valence-corrected chi connectivity index (χ2v) is 5.54. The highest BCUT2D eigenvalue weighted by Crippen LogP contribution is 2.09. The first-order chi connectivity index (χ1) is 8.99. The Morgan fingerprint density at radius 3 is 2.26 bits per heavy atom. The molecule has 1 rings (SSSR count). The van der Waals surface area contributed by atoms with Crippen molar-refractivity contribution in [2.45, 2.75) is 52.5 Å². The number of aliphatic hydroxyl groups is 1. The van der Waals surface area contributed by atoms with Gasteiger partial charge >= 0.3 is 0 Å². The molecule has 0 radical (unpaired) electrons. The third kappa shape index (κ3) is 6.71. The second-order valence-electron chi connectivity index (χ2n) is 5.54. The van der Waals surface area contributed by atoms with Gasteiger partial charge in [-0.05, 0) is 33.3 Å². The van der Waals surface area contributed by atoms with Crippen LogP contribution in [0.25, 0.3) is 0 Å². The zero-order chi connectivity index (χ0) is 14.3.